The smallest absolute Gasteiger partial charge is 0.335 e. The molecule has 0 radical (unpaired) electrons. The molecule has 4 rings (SSSR count). The summed E-state index contributed by atoms with van der Waals surface area (Å²) in [5.41, 5.74) is 7.54. The first-order valence-corrected chi connectivity index (χ1v) is 11.1. The van der Waals surface area contributed by atoms with Gasteiger partial charge in [-0.2, -0.15) is 0 Å². The van der Waals surface area contributed by atoms with Crippen LogP contribution in [0.4, 0.5) is 20.9 Å². The second kappa shape index (κ2) is 9.00. The van der Waals surface area contributed by atoms with Crippen molar-refractivity contribution in [3.05, 3.63) is 47.0 Å². The molecule has 2 atom stereocenters. The van der Waals surface area contributed by atoms with Crippen LogP contribution in [0.1, 0.15) is 16.8 Å². The molecule has 0 spiro atoms. The number of carboxylic acid groups (broad SMARTS) is 1. The van der Waals surface area contributed by atoms with E-state index in [0.717, 1.165) is 4.70 Å². The average molecular weight is 494 g/mol. The second-order valence-electron chi connectivity index (χ2n) is 7.44. The van der Waals surface area contributed by atoms with Crippen LogP contribution >= 0.6 is 22.9 Å². The lowest BCUT2D eigenvalue weighted by Crippen LogP contribution is -2.67. The molecule has 2 unspecified atom stereocenters. The Labute approximate surface area is 197 Å². The van der Waals surface area contributed by atoms with Crippen molar-refractivity contribution in [1.82, 2.24) is 4.98 Å². The number of aromatic carboxylic acids is 1. The van der Waals surface area contributed by atoms with Gasteiger partial charge in [-0.25, -0.2) is 9.78 Å². The molecule has 9 nitrogen and oxygen atoms in total. The number of alkyl halides is 1. The summed E-state index contributed by atoms with van der Waals surface area (Å²) in [4.78, 5) is 30.3. The number of aromatic nitrogens is 1. The highest BCUT2D eigenvalue weighted by Gasteiger charge is 2.52. The van der Waals surface area contributed by atoms with Gasteiger partial charge in [0.2, 0.25) is 5.79 Å². The van der Waals surface area contributed by atoms with Crippen molar-refractivity contribution in [3.8, 4) is 0 Å². The van der Waals surface area contributed by atoms with E-state index in [1.54, 1.807) is 36.2 Å². The molecule has 3 aromatic rings. The van der Waals surface area contributed by atoms with E-state index in [1.165, 1.54) is 23.5 Å². The summed E-state index contributed by atoms with van der Waals surface area (Å²) in [7, 11) is 1.70. The third-order valence-electron chi connectivity index (χ3n) is 5.31. The molecule has 12 heteroatoms. The Kier molecular flexibility index (Phi) is 6.28. The van der Waals surface area contributed by atoms with Crippen LogP contribution in [-0.4, -0.2) is 54.2 Å². The van der Waals surface area contributed by atoms with Crippen LogP contribution in [0.3, 0.4) is 0 Å². The molecule has 0 fully saturated rings. The quantitative estimate of drug-likeness (QED) is 0.333. The van der Waals surface area contributed by atoms with Crippen molar-refractivity contribution >= 4 is 61.5 Å². The van der Waals surface area contributed by atoms with Gasteiger partial charge in [0, 0.05) is 12.1 Å². The molecule has 33 heavy (non-hydrogen) atoms. The van der Waals surface area contributed by atoms with E-state index in [2.05, 4.69) is 15.6 Å². The first-order chi connectivity index (χ1) is 15.7. The summed E-state index contributed by atoms with van der Waals surface area (Å²) < 4.78 is 19.3. The first kappa shape index (κ1) is 23.0. The van der Waals surface area contributed by atoms with E-state index in [4.69, 9.17) is 22.1 Å². The number of primary amides is 1. The Morgan fingerprint density at radius 1 is 1.39 bits per heavy atom. The number of hydrogen-bond acceptors (Lipinski definition) is 8. The Hall–Kier alpha value is -3.15. The Morgan fingerprint density at radius 3 is 2.88 bits per heavy atom. The number of anilines is 3. The van der Waals surface area contributed by atoms with Gasteiger partial charge >= 0.3 is 5.97 Å². The Balaban J connectivity index is 1.79. The molecule has 174 valence electrons. The van der Waals surface area contributed by atoms with Gasteiger partial charge in [0.05, 0.1) is 40.4 Å². The standard InChI is InChI=1S/C21H21ClFN5O4S/c1-28-15-6-3-11(19(30)31)9-14(15)26-21(28,17(18(24)29)32-8-2-7-23)27-20-25-13-5-4-12(22)10-16(13)33-20/h3-6,9-10,17,26H,2,7-8H2,1H3,(H2,24,29)(H,25,27)(H,30,31). The van der Waals surface area contributed by atoms with E-state index < -0.39 is 30.4 Å². The summed E-state index contributed by atoms with van der Waals surface area (Å²) in [6.07, 6.45) is -1.20. The number of amides is 1. The SMILES string of the molecule is CN1c2ccc(C(=O)O)cc2NC1(Nc1nc2ccc(Cl)cc2s1)C(OCCCF)C(N)=O. The number of halogens is 2. The zero-order chi connectivity index (χ0) is 23.8. The van der Waals surface area contributed by atoms with Crippen LogP contribution in [0, 0.1) is 0 Å². The molecule has 1 amide bonds. The van der Waals surface area contributed by atoms with Crippen molar-refractivity contribution in [1.29, 1.82) is 0 Å². The lowest BCUT2D eigenvalue weighted by atomic mass is 10.1. The average Bonchev–Trinajstić information content (AvgIpc) is 3.28. The number of thiazole rings is 1. The summed E-state index contributed by atoms with van der Waals surface area (Å²) in [6.45, 7) is -0.661. The van der Waals surface area contributed by atoms with Crippen molar-refractivity contribution in [3.63, 3.8) is 0 Å². The van der Waals surface area contributed by atoms with Crippen molar-refractivity contribution in [2.24, 2.45) is 5.73 Å². The van der Waals surface area contributed by atoms with Crippen molar-refractivity contribution < 1.29 is 23.8 Å². The van der Waals surface area contributed by atoms with Crippen molar-refractivity contribution in [2.45, 2.75) is 18.3 Å². The van der Waals surface area contributed by atoms with E-state index in [0.29, 0.717) is 27.0 Å². The number of nitrogens with one attached hydrogen (secondary N) is 2. The number of ether oxygens (including phenoxy) is 1. The number of carbonyl (C=O) groups is 2. The number of likely N-dealkylation sites (N-methyl/N-ethyl adjacent to an activating group) is 1. The minimum atomic E-state index is -1.46. The minimum absolute atomic E-state index is 0.0464. The van der Waals surface area contributed by atoms with Gasteiger partial charge in [0.15, 0.2) is 11.2 Å². The highest BCUT2D eigenvalue weighted by atomic mass is 35.5. The van der Waals surface area contributed by atoms with Crippen LogP contribution in [0.2, 0.25) is 5.02 Å². The van der Waals surface area contributed by atoms with Gasteiger partial charge in [-0.05, 0) is 42.8 Å². The van der Waals surface area contributed by atoms with Gasteiger partial charge in [0.25, 0.3) is 5.91 Å². The zero-order valence-electron chi connectivity index (χ0n) is 17.5. The van der Waals surface area contributed by atoms with E-state index in [9.17, 15) is 19.1 Å². The monoisotopic (exact) mass is 493 g/mol. The maximum Gasteiger partial charge on any atom is 0.335 e. The van der Waals surface area contributed by atoms with E-state index in [-0.39, 0.29) is 18.6 Å². The summed E-state index contributed by atoms with van der Waals surface area (Å²) in [5, 5.41) is 16.8. The lowest BCUT2D eigenvalue weighted by Gasteiger charge is -2.42. The van der Waals surface area contributed by atoms with E-state index in [1.807, 2.05) is 0 Å². The molecule has 1 aliphatic rings. The fraction of sp³-hybridized carbons (Fsp3) is 0.286. The molecule has 2 heterocycles. The molecular formula is C21H21ClFN5O4S. The van der Waals surface area contributed by atoms with Gasteiger partial charge in [0.1, 0.15) is 0 Å². The lowest BCUT2D eigenvalue weighted by molar-refractivity contribution is -0.132. The highest BCUT2D eigenvalue weighted by molar-refractivity contribution is 7.22. The van der Waals surface area contributed by atoms with Crippen LogP contribution in [0.5, 0.6) is 0 Å². The number of benzene rings is 2. The normalized spacial score (nSPS) is 18.1. The fourth-order valence-corrected chi connectivity index (χ4v) is 4.94. The number of nitrogens with zero attached hydrogens (tertiary/aromatic N) is 2. The maximum atomic E-state index is 12.7. The van der Waals surface area contributed by atoms with Gasteiger partial charge in [-0.15, -0.1) is 0 Å². The predicted octanol–water partition coefficient (Wildman–Crippen LogP) is 3.51. The summed E-state index contributed by atoms with van der Waals surface area (Å²) >= 11 is 7.40. The Bertz CT molecular complexity index is 1220. The summed E-state index contributed by atoms with van der Waals surface area (Å²) in [6, 6.07) is 9.80. The number of carboxylic acids is 1. The zero-order valence-corrected chi connectivity index (χ0v) is 19.0. The molecule has 1 aliphatic heterocycles. The molecule has 0 aliphatic carbocycles. The number of fused-ring (bicyclic) bond motifs is 2. The molecule has 0 bridgehead atoms. The molecule has 0 saturated carbocycles. The topological polar surface area (TPSA) is 130 Å². The van der Waals surface area contributed by atoms with Crippen LogP contribution in [-0.2, 0) is 9.53 Å². The first-order valence-electron chi connectivity index (χ1n) is 9.95. The number of rotatable bonds is 9. The van der Waals surface area contributed by atoms with Gasteiger partial charge < -0.3 is 31.1 Å². The maximum absolute atomic E-state index is 12.7. The molecule has 0 saturated heterocycles. The molecular weight excluding hydrogens is 473 g/mol. The second-order valence-corrected chi connectivity index (χ2v) is 8.91. The van der Waals surface area contributed by atoms with E-state index >= 15 is 0 Å². The van der Waals surface area contributed by atoms with Crippen molar-refractivity contribution in [2.75, 3.05) is 35.9 Å². The summed E-state index contributed by atoms with van der Waals surface area (Å²) in [5.74, 6) is -3.35. The Morgan fingerprint density at radius 2 is 2.18 bits per heavy atom. The van der Waals surface area contributed by atoms with Crippen LogP contribution in [0.25, 0.3) is 10.2 Å². The highest BCUT2D eigenvalue weighted by Crippen LogP contribution is 2.43. The molecule has 1 aromatic heterocycles. The third-order valence-corrected chi connectivity index (χ3v) is 6.48. The van der Waals surface area contributed by atoms with Gasteiger partial charge in [-0.1, -0.05) is 22.9 Å². The molecule has 5 N–H and O–H groups in total. The van der Waals surface area contributed by atoms with Crippen LogP contribution < -0.4 is 21.3 Å². The van der Waals surface area contributed by atoms with Gasteiger partial charge in [-0.3, -0.25) is 9.18 Å². The number of hydrogen-bond donors (Lipinski definition) is 4. The number of carbonyl (C=O) groups excluding carboxylic acids is 1. The van der Waals surface area contributed by atoms with Crippen LogP contribution in [0.15, 0.2) is 36.4 Å². The third kappa shape index (κ3) is 4.26. The fourth-order valence-electron chi connectivity index (χ4n) is 3.74. The predicted molar refractivity (Wildman–Crippen MR) is 126 cm³/mol. The largest absolute Gasteiger partial charge is 0.478 e. The number of nitrogens with two attached hydrogens (primary N) is 1. The minimum Gasteiger partial charge on any atom is -0.478 e. The molecule has 2 aromatic carbocycles.